The molecule has 6 heteroatoms. The molecule has 1 atom stereocenters. The van der Waals surface area contributed by atoms with Crippen LogP contribution < -0.4 is 15.8 Å². The van der Waals surface area contributed by atoms with Crippen LogP contribution in [0.3, 0.4) is 0 Å². The maximum atomic E-state index is 12.0. The van der Waals surface area contributed by atoms with Gasteiger partial charge in [-0.1, -0.05) is 12.1 Å². The van der Waals surface area contributed by atoms with Crippen LogP contribution in [-0.2, 0) is 0 Å². The molecule has 0 spiro atoms. The fraction of sp³-hybridized carbons (Fsp3) is 0.455. The van der Waals surface area contributed by atoms with E-state index >= 15 is 0 Å². The molecule has 0 saturated heterocycles. The van der Waals surface area contributed by atoms with Crippen molar-refractivity contribution in [1.29, 1.82) is 0 Å². The average Bonchev–Trinajstić information content (AvgIpc) is 2.24. The van der Waals surface area contributed by atoms with Gasteiger partial charge >= 0.3 is 6.36 Å². The highest BCUT2D eigenvalue weighted by molar-refractivity contribution is 5.30. The van der Waals surface area contributed by atoms with Crippen LogP contribution in [0.5, 0.6) is 5.75 Å². The number of ether oxygens (including phenoxy) is 1. The van der Waals surface area contributed by atoms with Gasteiger partial charge in [0, 0.05) is 6.04 Å². The molecule has 0 aliphatic heterocycles. The molecule has 1 rings (SSSR count). The van der Waals surface area contributed by atoms with E-state index in [0.29, 0.717) is 13.0 Å². The second-order valence-corrected chi connectivity index (χ2v) is 3.54. The highest BCUT2D eigenvalue weighted by atomic mass is 19.4. The zero-order valence-electron chi connectivity index (χ0n) is 9.42. The molecule has 1 unspecified atom stereocenters. The predicted octanol–water partition coefficient (Wildman–Crippen LogP) is 2.19. The summed E-state index contributed by atoms with van der Waals surface area (Å²) in [6.07, 6.45) is -4.02. The number of alkyl halides is 3. The Morgan fingerprint density at radius 3 is 2.65 bits per heavy atom. The highest BCUT2D eigenvalue weighted by Gasteiger charge is 2.31. The smallest absolute Gasteiger partial charge is 0.406 e. The Labute approximate surface area is 97.8 Å². The fourth-order valence-corrected chi connectivity index (χ4v) is 1.57. The summed E-state index contributed by atoms with van der Waals surface area (Å²) in [7, 11) is 1.73. The molecule has 0 amide bonds. The van der Waals surface area contributed by atoms with E-state index in [1.54, 1.807) is 13.1 Å². The van der Waals surface area contributed by atoms with Gasteiger partial charge in [0.1, 0.15) is 5.75 Å². The largest absolute Gasteiger partial charge is 0.573 e. The molecular formula is C11H15F3N2O. The molecule has 0 bridgehead atoms. The van der Waals surface area contributed by atoms with Crippen molar-refractivity contribution in [2.75, 3.05) is 13.6 Å². The van der Waals surface area contributed by atoms with E-state index in [-0.39, 0.29) is 11.8 Å². The molecule has 96 valence electrons. The summed E-state index contributed by atoms with van der Waals surface area (Å²) in [5.41, 5.74) is 6.15. The lowest BCUT2D eigenvalue weighted by atomic mass is 10.0. The number of rotatable bonds is 5. The lowest BCUT2D eigenvalue weighted by molar-refractivity contribution is -0.274. The standard InChI is InChI=1S/C11H15F3N2O/c1-16-10(5-6-15)8-3-2-4-9(7-8)17-11(12,13)14/h2-4,7,10,16H,5-6,15H2,1H3. The van der Waals surface area contributed by atoms with Gasteiger partial charge in [-0.25, -0.2) is 0 Å². The van der Waals surface area contributed by atoms with Crippen LogP contribution in [0.1, 0.15) is 18.0 Å². The van der Waals surface area contributed by atoms with Gasteiger partial charge in [0.05, 0.1) is 0 Å². The SMILES string of the molecule is CNC(CCN)c1cccc(OC(F)(F)F)c1. The van der Waals surface area contributed by atoms with Gasteiger partial charge in [0.15, 0.2) is 0 Å². The summed E-state index contributed by atoms with van der Waals surface area (Å²) in [6.45, 7) is 0.454. The molecule has 0 aliphatic rings. The third kappa shape index (κ3) is 4.62. The summed E-state index contributed by atoms with van der Waals surface area (Å²) in [4.78, 5) is 0. The fourth-order valence-electron chi connectivity index (χ4n) is 1.57. The van der Waals surface area contributed by atoms with Crippen LogP contribution in [0.15, 0.2) is 24.3 Å². The van der Waals surface area contributed by atoms with Crippen LogP contribution in [0.4, 0.5) is 13.2 Å². The maximum absolute atomic E-state index is 12.0. The van der Waals surface area contributed by atoms with Gasteiger partial charge in [-0.3, -0.25) is 0 Å². The topological polar surface area (TPSA) is 47.3 Å². The van der Waals surface area contributed by atoms with Gasteiger partial charge in [-0.05, 0) is 37.7 Å². The molecule has 0 aliphatic carbocycles. The molecular weight excluding hydrogens is 233 g/mol. The van der Waals surface area contributed by atoms with Crippen molar-refractivity contribution in [3.63, 3.8) is 0 Å². The zero-order valence-corrected chi connectivity index (χ0v) is 9.42. The number of benzene rings is 1. The lowest BCUT2D eigenvalue weighted by Gasteiger charge is -2.17. The van der Waals surface area contributed by atoms with Crippen molar-refractivity contribution in [3.8, 4) is 5.75 Å². The molecule has 0 fully saturated rings. The Balaban J connectivity index is 2.84. The lowest BCUT2D eigenvalue weighted by Crippen LogP contribution is -2.21. The van der Waals surface area contributed by atoms with Crippen molar-refractivity contribution in [2.45, 2.75) is 18.8 Å². The molecule has 0 saturated carbocycles. The number of nitrogens with two attached hydrogens (primary N) is 1. The monoisotopic (exact) mass is 248 g/mol. The van der Waals surface area contributed by atoms with Crippen molar-refractivity contribution in [3.05, 3.63) is 29.8 Å². The highest BCUT2D eigenvalue weighted by Crippen LogP contribution is 2.26. The second-order valence-electron chi connectivity index (χ2n) is 3.54. The Hall–Kier alpha value is -1.27. The maximum Gasteiger partial charge on any atom is 0.573 e. The van der Waals surface area contributed by atoms with Gasteiger partial charge in [0.25, 0.3) is 0 Å². The van der Waals surface area contributed by atoms with Crippen molar-refractivity contribution in [2.24, 2.45) is 5.73 Å². The predicted molar refractivity (Wildman–Crippen MR) is 58.6 cm³/mol. The molecule has 3 nitrogen and oxygen atoms in total. The molecule has 0 heterocycles. The van der Waals surface area contributed by atoms with Crippen molar-refractivity contribution < 1.29 is 17.9 Å². The van der Waals surface area contributed by atoms with Gasteiger partial charge in [-0.15, -0.1) is 13.2 Å². The van der Waals surface area contributed by atoms with E-state index < -0.39 is 6.36 Å². The van der Waals surface area contributed by atoms with Crippen LogP contribution in [0.2, 0.25) is 0 Å². The quantitative estimate of drug-likeness (QED) is 0.839. The van der Waals surface area contributed by atoms with Gasteiger partial charge in [0.2, 0.25) is 0 Å². The third-order valence-electron chi connectivity index (χ3n) is 2.30. The Morgan fingerprint density at radius 2 is 2.12 bits per heavy atom. The third-order valence-corrected chi connectivity index (χ3v) is 2.30. The minimum atomic E-state index is -4.67. The van der Waals surface area contributed by atoms with Crippen LogP contribution in [0.25, 0.3) is 0 Å². The Kier molecular flexibility index (Phi) is 4.77. The molecule has 1 aromatic rings. The molecule has 3 N–H and O–H groups in total. The first-order valence-electron chi connectivity index (χ1n) is 5.19. The van der Waals surface area contributed by atoms with E-state index in [9.17, 15) is 13.2 Å². The minimum absolute atomic E-state index is 0.0724. The first kappa shape index (κ1) is 13.8. The summed E-state index contributed by atoms with van der Waals surface area (Å²) >= 11 is 0. The summed E-state index contributed by atoms with van der Waals surface area (Å²) in [5.74, 6) is -0.215. The number of hydrogen-bond donors (Lipinski definition) is 2. The summed E-state index contributed by atoms with van der Waals surface area (Å²) in [6, 6.07) is 5.82. The molecule has 17 heavy (non-hydrogen) atoms. The number of hydrogen-bond acceptors (Lipinski definition) is 3. The normalized spacial score (nSPS) is 13.5. The Morgan fingerprint density at radius 1 is 1.41 bits per heavy atom. The first-order chi connectivity index (χ1) is 7.96. The van der Waals surface area contributed by atoms with Crippen LogP contribution >= 0.6 is 0 Å². The number of nitrogens with one attached hydrogen (secondary N) is 1. The summed E-state index contributed by atoms with van der Waals surface area (Å²) in [5, 5.41) is 2.99. The van der Waals surface area contributed by atoms with E-state index in [1.807, 2.05) is 0 Å². The number of halogens is 3. The van der Waals surface area contributed by atoms with E-state index in [0.717, 1.165) is 5.56 Å². The van der Waals surface area contributed by atoms with E-state index in [4.69, 9.17) is 5.73 Å². The van der Waals surface area contributed by atoms with E-state index in [2.05, 4.69) is 10.1 Å². The van der Waals surface area contributed by atoms with Crippen LogP contribution in [0, 0.1) is 0 Å². The van der Waals surface area contributed by atoms with Crippen LogP contribution in [-0.4, -0.2) is 20.0 Å². The molecule has 0 aromatic heterocycles. The van der Waals surface area contributed by atoms with Gasteiger partial charge < -0.3 is 15.8 Å². The average molecular weight is 248 g/mol. The zero-order chi connectivity index (χ0) is 12.9. The molecule has 0 radical (unpaired) electrons. The molecule has 1 aromatic carbocycles. The van der Waals surface area contributed by atoms with Crippen molar-refractivity contribution in [1.82, 2.24) is 5.32 Å². The van der Waals surface area contributed by atoms with Gasteiger partial charge in [-0.2, -0.15) is 0 Å². The van der Waals surface area contributed by atoms with Crippen molar-refractivity contribution >= 4 is 0 Å². The first-order valence-corrected chi connectivity index (χ1v) is 5.19. The second kappa shape index (κ2) is 5.88. The minimum Gasteiger partial charge on any atom is -0.406 e. The van der Waals surface area contributed by atoms with E-state index in [1.165, 1.54) is 18.2 Å². The summed E-state index contributed by atoms with van der Waals surface area (Å²) < 4.78 is 40.0. The Bertz CT molecular complexity index is 355.